The Kier molecular flexibility index (Phi) is 4.59. The number of hydrogen-bond acceptors (Lipinski definition) is 4. The van der Waals surface area contributed by atoms with E-state index in [0.717, 1.165) is 23.3 Å². The highest BCUT2D eigenvalue weighted by Crippen LogP contribution is 2.34. The van der Waals surface area contributed by atoms with E-state index >= 15 is 0 Å². The summed E-state index contributed by atoms with van der Waals surface area (Å²) in [7, 11) is 0. The van der Waals surface area contributed by atoms with E-state index in [0.29, 0.717) is 0 Å². The van der Waals surface area contributed by atoms with Gasteiger partial charge in [-0.3, -0.25) is 0 Å². The van der Waals surface area contributed by atoms with Gasteiger partial charge in [0.25, 0.3) is 0 Å². The third-order valence-corrected chi connectivity index (χ3v) is 6.24. The van der Waals surface area contributed by atoms with Gasteiger partial charge < -0.3 is 4.57 Å². The second-order valence-corrected chi connectivity index (χ2v) is 7.82. The first-order valence-electron chi connectivity index (χ1n) is 8.34. The van der Waals surface area contributed by atoms with Crippen molar-refractivity contribution < 1.29 is 0 Å². The van der Waals surface area contributed by atoms with E-state index in [-0.39, 0.29) is 0 Å². The van der Waals surface area contributed by atoms with E-state index < -0.39 is 0 Å². The van der Waals surface area contributed by atoms with Crippen molar-refractivity contribution in [3.63, 3.8) is 0 Å². The van der Waals surface area contributed by atoms with Crippen LogP contribution in [-0.4, -0.2) is 14.8 Å². The average molecular weight is 366 g/mol. The van der Waals surface area contributed by atoms with Crippen LogP contribution < -0.4 is 0 Å². The Labute approximate surface area is 155 Å². The maximum atomic E-state index is 4.50. The molecule has 0 atom stereocenters. The molecule has 0 saturated heterocycles. The van der Waals surface area contributed by atoms with Crippen LogP contribution in [0.15, 0.2) is 59.1 Å². The van der Waals surface area contributed by atoms with Crippen molar-refractivity contribution in [2.24, 2.45) is 0 Å². The van der Waals surface area contributed by atoms with Crippen LogP contribution in [-0.2, 0) is 12.3 Å². The Morgan fingerprint density at radius 2 is 1.84 bits per heavy atom. The number of aromatic nitrogens is 3. The summed E-state index contributed by atoms with van der Waals surface area (Å²) in [5.74, 6) is 1.87. The molecule has 4 rings (SSSR count). The lowest BCUT2D eigenvalue weighted by Crippen LogP contribution is -1.99. The number of fused-ring (bicyclic) bond motifs is 1. The van der Waals surface area contributed by atoms with Gasteiger partial charge in [-0.1, -0.05) is 59.8 Å². The van der Waals surface area contributed by atoms with Crippen molar-refractivity contribution in [2.75, 3.05) is 0 Å². The number of rotatable bonds is 5. The van der Waals surface area contributed by atoms with Gasteiger partial charge in [0.05, 0.1) is 0 Å². The normalized spacial score (nSPS) is 11.3. The average Bonchev–Trinajstić information content (AvgIpc) is 3.24. The Morgan fingerprint density at radius 3 is 2.64 bits per heavy atom. The highest BCUT2D eigenvalue weighted by molar-refractivity contribution is 7.98. The molecule has 0 bridgehead atoms. The van der Waals surface area contributed by atoms with E-state index in [9.17, 15) is 0 Å². The van der Waals surface area contributed by atoms with E-state index in [1.807, 2.05) is 0 Å². The maximum absolute atomic E-state index is 4.50. The second kappa shape index (κ2) is 7.02. The highest BCUT2D eigenvalue weighted by atomic mass is 32.2. The Balaban J connectivity index is 1.64. The molecule has 25 heavy (non-hydrogen) atoms. The Bertz CT molecular complexity index is 999. The summed E-state index contributed by atoms with van der Waals surface area (Å²) in [4.78, 5) is 0. The highest BCUT2D eigenvalue weighted by Gasteiger charge is 2.16. The van der Waals surface area contributed by atoms with Gasteiger partial charge in [0.2, 0.25) is 0 Å². The maximum Gasteiger partial charge on any atom is 0.191 e. The molecule has 0 aliphatic heterocycles. The molecule has 0 aliphatic carbocycles. The minimum absolute atomic E-state index is 0.864. The fourth-order valence-electron chi connectivity index (χ4n) is 2.86. The standard InChI is InChI=1S/C20H19N3S2/c1-3-23-19(17-13-24-18-7-5-4-6-16(17)18)21-22-20(23)25-12-15-10-8-14(2)9-11-15/h4-11,13H,3,12H2,1-2H3. The quantitative estimate of drug-likeness (QED) is 0.420. The van der Waals surface area contributed by atoms with Gasteiger partial charge in [0.1, 0.15) is 0 Å². The summed E-state index contributed by atoms with van der Waals surface area (Å²) in [6.45, 7) is 5.13. The van der Waals surface area contributed by atoms with Crippen molar-refractivity contribution >= 4 is 33.2 Å². The van der Waals surface area contributed by atoms with E-state index in [1.165, 1.54) is 26.8 Å². The molecule has 5 heteroatoms. The molecule has 2 aromatic heterocycles. The van der Waals surface area contributed by atoms with Crippen molar-refractivity contribution in [3.8, 4) is 11.4 Å². The molecule has 2 aromatic carbocycles. The molecular formula is C20H19N3S2. The smallest absolute Gasteiger partial charge is 0.191 e. The number of thiophene rings is 1. The summed E-state index contributed by atoms with van der Waals surface area (Å²) in [6.07, 6.45) is 0. The minimum atomic E-state index is 0.864. The van der Waals surface area contributed by atoms with Crippen LogP contribution in [0.5, 0.6) is 0 Å². The first-order chi connectivity index (χ1) is 12.3. The number of hydrogen-bond donors (Lipinski definition) is 0. The molecule has 3 nitrogen and oxygen atoms in total. The summed E-state index contributed by atoms with van der Waals surface area (Å²) < 4.78 is 3.50. The SMILES string of the molecule is CCn1c(SCc2ccc(C)cc2)nnc1-c1csc2ccccc12. The zero-order chi connectivity index (χ0) is 17.2. The summed E-state index contributed by atoms with van der Waals surface area (Å²) in [5.41, 5.74) is 3.78. The molecule has 0 radical (unpaired) electrons. The van der Waals surface area contributed by atoms with Crippen LogP contribution in [0.3, 0.4) is 0 Å². The van der Waals surface area contributed by atoms with Crippen LogP contribution in [0.4, 0.5) is 0 Å². The van der Waals surface area contributed by atoms with Crippen molar-refractivity contribution in [1.82, 2.24) is 14.8 Å². The first kappa shape index (κ1) is 16.4. The van der Waals surface area contributed by atoms with Gasteiger partial charge in [-0.25, -0.2) is 0 Å². The number of nitrogens with zero attached hydrogens (tertiary/aromatic N) is 3. The fourth-order valence-corrected chi connectivity index (χ4v) is 4.76. The van der Waals surface area contributed by atoms with Gasteiger partial charge in [-0.05, 0) is 25.5 Å². The second-order valence-electron chi connectivity index (χ2n) is 5.97. The lowest BCUT2D eigenvalue weighted by atomic mass is 10.1. The largest absolute Gasteiger partial charge is 0.302 e. The lowest BCUT2D eigenvalue weighted by Gasteiger charge is -2.07. The summed E-state index contributed by atoms with van der Waals surface area (Å²) in [6, 6.07) is 17.2. The van der Waals surface area contributed by atoms with Gasteiger partial charge >= 0.3 is 0 Å². The molecule has 0 unspecified atom stereocenters. The Hall–Kier alpha value is -2.11. The zero-order valence-corrected chi connectivity index (χ0v) is 15.9. The van der Waals surface area contributed by atoms with Gasteiger partial charge in [0, 0.05) is 33.3 Å². The fraction of sp³-hybridized carbons (Fsp3) is 0.200. The van der Waals surface area contributed by atoms with Gasteiger partial charge in [-0.15, -0.1) is 21.5 Å². The third kappa shape index (κ3) is 3.22. The zero-order valence-electron chi connectivity index (χ0n) is 14.3. The molecular weight excluding hydrogens is 346 g/mol. The number of aryl methyl sites for hydroxylation is 1. The van der Waals surface area contributed by atoms with Crippen molar-refractivity contribution in [3.05, 3.63) is 65.0 Å². The monoisotopic (exact) mass is 365 g/mol. The van der Waals surface area contributed by atoms with Crippen LogP contribution >= 0.6 is 23.1 Å². The van der Waals surface area contributed by atoms with E-state index in [4.69, 9.17) is 0 Å². The lowest BCUT2D eigenvalue weighted by molar-refractivity contribution is 0.687. The molecule has 0 fully saturated rings. The van der Waals surface area contributed by atoms with Crippen LogP contribution in [0, 0.1) is 6.92 Å². The van der Waals surface area contributed by atoms with Gasteiger partial charge in [0.15, 0.2) is 11.0 Å². The van der Waals surface area contributed by atoms with Crippen LogP contribution in [0.1, 0.15) is 18.1 Å². The Morgan fingerprint density at radius 1 is 1.04 bits per heavy atom. The minimum Gasteiger partial charge on any atom is -0.302 e. The number of benzene rings is 2. The summed E-state index contributed by atoms with van der Waals surface area (Å²) in [5, 5.41) is 13.4. The molecule has 2 heterocycles. The summed E-state index contributed by atoms with van der Waals surface area (Å²) >= 11 is 3.51. The molecule has 0 spiro atoms. The van der Waals surface area contributed by atoms with Crippen LogP contribution in [0.25, 0.3) is 21.5 Å². The van der Waals surface area contributed by atoms with Crippen LogP contribution in [0.2, 0.25) is 0 Å². The molecule has 0 aliphatic rings. The first-order valence-corrected chi connectivity index (χ1v) is 10.2. The predicted molar refractivity (Wildman–Crippen MR) is 107 cm³/mol. The number of thioether (sulfide) groups is 1. The van der Waals surface area contributed by atoms with Crippen molar-refractivity contribution in [2.45, 2.75) is 31.3 Å². The molecule has 0 saturated carbocycles. The molecule has 0 N–H and O–H groups in total. The van der Waals surface area contributed by atoms with Crippen molar-refractivity contribution in [1.29, 1.82) is 0 Å². The topological polar surface area (TPSA) is 30.7 Å². The third-order valence-electron chi connectivity index (χ3n) is 4.24. The molecule has 0 amide bonds. The van der Waals surface area contributed by atoms with E-state index in [1.54, 1.807) is 23.1 Å². The van der Waals surface area contributed by atoms with Gasteiger partial charge in [-0.2, -0.15) is 0 Å². The van der Waals surface area contributed by atoms with E-state index in [2.05, 4.69) is 82.5 Å². The molecule has 4 aromatic rings. The predicted octanol–water partition coefficient (Wildman–Crippen LogP) is 5.78. The molecule has 126 valence electrons.